The smallest absolute Gasteiger partial charge is 0.337 e. The number of ether oxygens (including phenoxy) is 3. The van der Waals surface area contributed by atoms with E-state index in [-0.39, 0.29) is 11.4 Å². The Morgan fingerprint density at radius 1 is 1.10 bits per heavy atom. The second kappa shape index (κ2) is 7.29. The van der Waals surface area contributed by atoms with Crippen molar-refractivity contribution in [3.8, 4) is 0 Å². The maximum Gasteiger partial charge on any atom is 0.337 e. The summed E-state index contributed by atoms with van der Waals surface area (Å²) in [6, 6.07) is 6.97. The minimum absolute atomic E-state index is 0.297. The van der Waals surface area contributed by atoms with Gasteiger partial charge in [0.2, 0.25) is 5.79 Å². The zero-order chi connectivity index (χ0) is 22.5. The van der Waals surface area contributed by atoms with Gasteiger partial charge < -0.3 is 14.2 Å². The molecule has 0 aromatic heterocycles. The zero-order valence-corrected chi connectivity index (χ0v) is 18.5. The molecule has 1 aliphatic carbocycles. The molecule has 4 aliphatic rings. The van der Waals surface area contributed by atoms with Crippen molar-refractivity contribution in [2.75, 3.05) is 7.11 Å². The lowest BCUT2D eigenvalue weighted by molar-refractivity contribution is -0.547. The van der Waals surface area contributed by atoms with Crippen molar-refractivity contribution in [2.45, 2.75) is 63.6 Å². The third-order valence-electron chi connectivity index (χ3n) is 6.76. The first kappa shape index (κ1) is 21.7. The molecule has 1 aromatic rings. The number of carbonyl (C=O) groups excluding carboxylic acids is 2. The van der Waals surface area contributed by atoms with E-state index in [1.807, 2.05) is 25.2 Å². The van der Waals surface area contributed by atoms with Gasteiger partial charge in [-0.2, -0.15) is 4.89 Å². The zero-order valence-electron chi connectivity index (χ0n) is 18.5. The van der Waals surface area contributed by atoms with Crippen molar-refractivity contribution in [3.63, 3.8) is 0 Å². The highest BCUT2D eigenvalue weighted by Gasteiger charge is 2.72. The molecule has 3 heterocycles. The van der Waals surface area contributed by atoms with Crippen LogP contribution in [0.3, 0.4) is 0 Å². The van der Waals surface area contributed by atoms with Gasteiger partial charge >= 0.3 is 11.9 Å². The van der Waals surface area contributed by atoms with Crippen LogP contribution in [-0.4, -0.2) is 42.1 Å². The van der Waals surface area contributed by atoms with E-state index in [0.717, 1.165) is 12.0 Å². The molecule has 1 aromatic carbocycles. The van der Waals surface area contributed by atoms with Gasteiger partial charge in [0.25, 0.3) is 0 Å². The van der Waals surface area contributed by atoms with Crippen LogP contribution in [-0.2, 0) is 28.8 Å². The summed E-state index contributed by atoms with van der Waals surface area (Å²) in [7, 11) is 1.35. The molecular weight excluding hydrogens is 400 g/mol. The van der Waals surface area contributed by atoms with E-state index in [4.69, 9.17) is 24.0 Å². The van der Waals surface area contributed by atoms with E-state index in [1.54, 1.807) is 30.3 Å². The molecule has 2 bridgehead atoms. The number of fused-ring (bicyclic) bond motifs is 1. The van der Waals surface area contributed by atoms with Gasteiger partial charge in [0, 0.05) is 12.3 Å². The Kier molecular flexibility index (Phi) is 5.11. The maximum absolute atomic E-state index is 11.8. The molecule has 1 saturated heterocycles. The van der Waals surface area contributed by atoms with Crippen molar-refractivity contribution in [1.29, 1.82) is 0 Å². The van der Waals surface area contributed by atoms with Gasteiger partial charge in [0.15, 0.2) is 5.60 Å². The van der Waals surface area contributed by atoms with Gasteiger partial charge in [0.1, 0.15) is 11.7 Å². The summed E-state index contributed by atoms with van der Waals surface area (Å²) in [5.41, 5.74) is -0.817. The lowest BCUT2D eigenvalue weighted by atomic mass is 9.56. The molecule has 5 rings (SSSR count). The lowest BCUT2D eigenvalue weighted by Crippen LogP contribution is -2.77. The summed E-state index contributed by atoms with van der Waals surface area (Å²) in [5, 5.41) is 0. The summed E-state index contributed by atoms with van der Waals surface area (Å²) in [4.78, 5) is 35.2. The molecule has 0 radical (unpaired) electrons. The van der Waals surface area contributed by atoms with Gasteiger partial charge in [0.05, 0.1) is 12.7 Å². The summed E-state index contributed by atoms with van der Waals surface area (Å²) in [6.45, 7) is 7.52. The topological polar surface area (TPSA) is 80.3 Å². The van der Waals surface area contributed by atoms with Gasteiger partial charge in [-0.3, -0.25) is 4.79 Å². The Morgan fingerprint density at radius 3 is 2.39 bits per heavy atom. The standard InChI is InChI=1S/C24H28O7/c1-16(25)28-19-11-12-21(2,3)24-15-14-23(30-31-24,29-22(19,24)4)13-10-17-6-8-18(9-7-17)20(26)27-5/h6-10,13-15,19H,11-12H2,1-5H3/b13-10+/t19?,22-,23+,24+/m0/s1. The first-order chi connectivity index (χ1) is 14.6. The Labute approximate surface area is 181 Å². The Morgan fingerprint density at radius 2 is 1.81 bits per heavy atom. The largest absolute Gasteiger partial charge is 0.465 e. The summed E-state index contributed by atoms with van der Waals surface area (Å²) in [6.07, 6.45) is 8.38. The highest BCUT2D eigenvalue weighted by atomic mass is 17.3. The van der Waals surface area contributed by atoms with Crippen molar-refractivity contribution < 1.29 is 33.6 Å². The minimum Gasteiger partial charge on any atom is -0.465 e. The second-order valence-corrected chi connectivity index (χ2v) is 9.13. The molecular formula is C24H28O7. The molecule has 3 aliphatic heterocycles. The number of hydrogen-bond acceptors (Lipinski definition) is 7. The third-order valence-corrected chi connectivity index (χ3v) is 6.76. The van der Waals surface area contributed by atoms with Gasteiger partial charge in [-0.1, -0.05) is 32.1 Å². The van der Waals surface area contributed by atoms with E-state index < -0.39 is 29.1 Å². The molecule has 0 amide bonds. The molecule has 1 saturated carbocycles. The van der Waals surface area contributed by atoms with Gasteiger partial charge in [-0.15, -0.1) is 0 Å². The fraction of sp³-hybridized carbons (Fsp3) is 0.500. The average molecular weight is 428 g/mol. The van der Waals surface area contributed by atoms with Crippen LogP contribution in [0.25, 0.3) is 6.08 Å². The molecule has 7 nitrogen and oxygen atoms in total. The van der Waals surface area contributed by atoms with E-state index in [9.17, 15) is 9.59 Å². The normalized spacial score (nSPS) is 35.6. The first-order valence-electron chi connectivity index (χ1n) is 10.4. The Hall–Kier alpha value is -2.48. The molecule has 4 atom stereocenters. The number of methoxy groups -OCH3 is 1. The molecule has 166 valence electrons. The summed E-state index contributed by atoms with van der Waals surface area (Å²) in [5.74, 6) is -2.01. The van der Waals surface area contributed by atoms with E-state index in [2.05, 4.69) is 13.8 Å². The maximum atomic E-state index is 11.8. The molecule has 7 heteroatoms. The molecule has 0 N–H and O–H groups in total. The van der Waals surface area contributed by atoms with Crippen LogP contribution in [0.15, 0.2) is 42.5 Å². The number of carbonyl (C=O) groups is 2. The van der Waals surface area contributed by atoms with Crippen molar-refractivity contribution >= 4 is 18.0 Å². The van der Waals surface area contributed by atoms with Crippen LogP contribution in [0, 0.1) is 5.41 Å². The van der Waals surface area contributed by atoms with Gasteiger partial charge in [-0.05, 0) is 55.7 Å². The van der Waals surface area contributed by atoms with E-state index in [0.29, 0.717) is 12.0 Å². The fourth-order valence-electron chi connectivity index (χ4n) is 4.94. The summed E-state index contributed by atoms with van der Waals surface area (Å²) < 4.78 is 16.9. The van der Waals surface area contributed by atoms with E-state index in [1.165, 1.54) is 14.0 Å². The predicted molar refractivity (Wildman–Crippen MR) is 112 cm³/mol. The predicted octanol–water partition coefficient (Wildman–Crippen LogP) is 3.98. The highest BCUT2D eigenvalue weighted by Crippen LogP contribution is 2.61. The monoisotopic (exact) mass is 428 g/mol. The fourth-order valence-corrected chi connectivity index (χ4v) is 4.94. The molecule has 1 spiro atoms. The van der Waals surface area contributed by atoms with Crippen LogP contribution in [0.2, 0.25) is 0 Å². The number of rotatable bonds is 4. The third kappa shape index (κ3) is 3.32. The van der Waals surface area contributed by atoms with Crippen molar-refractivity contribution in [3.05, 3.63) is 53.6 Å². The van der Waals surface area contributed by atoms with Crippen LogP contribution in [0.1, 0.15) is 56.5 Å². The Balaban J connectivity index is 1.66. The van der Waals surface area contributed by atoms with Crippen molar-refractivity contribution in [2.24, 2.45) is 5.41 Å². The SMILES string of the molecule is COC(=O)c1ccc(/C=C/[C@]23C=C[C@@]4(OO2)C(C)(C)CCC(OC(C)=O)[C@]4(C)O3)cc1. The number of benzene rings is 1. The average Bonchev–Trinajstić information content (AvgIpc) is 2.74. The quantitative estimate of drug-likeness (QED) is 0.408. The van der Waals surface area contributed by atoms with E-state index >= 15 is 0 Å². The number of esters is 2. The molecule has 1 unspecified atom stereocenters. The first-order valence-corrected chi connectivity index (χ1v) is 10.4. The van der Waals surface area contributed by atoms with Gasteiger partial charge in [-0.25, -0.2) is 9.68 Å². The van der Waals surface area contributed by atoms with Crippen LogP contribution in [0.4, 0.5) is 0 Å². The lowest BCUT2D eigenvalue weighted by Gasteiger charge is -2.65. The number of hydrogen-bond donors (Lipinski definition) is 0. The molecule has 2 fully saturated rings. The minimum atomic E-state index is -1.26. The summed E-state index contributed by atoms with van der Waals surface area (Å²) >= 11 is 0. The van der Waals surface area contributed by atoms with Crippen LogP contribution >= 0.6 is 0 Å². The van der Waals surface area contributed by atoms with Crippen LogP contribution < -0.4 is 0 Å². The van der Waals surface area contributed by atoms with Crippen molar-refractivity contribution in [1.82, 2.24) is 0 Å². The van der Waals surface area contributed by atoms with Crippen LogP contribution in [0.5, 0.6) is 0 Å². The Bertz CT molecular complexity index is 947. The second-order valence-electron chi connectivity index (χ2n) is 9.13. The molecule has 31 heavy (non-hydrogen) atoms. The highest BCUT2D eigenvalue weighted by molar-refractivity contribution is 5.89.